The van der Waals surface area contributed by atoms with Gasteiger partial charge in [0.15, 0.2) is 11.9 Å². The molecule has 2 atom stereocenters. The Morgan fingerprint density at radius 3 is 2.83 bits per heavy atom. The monoisotopic (exact) mass is 327 g/mol. The van der Waals surface area contributed by atoms with Crippen molar-refractivity contribution in [1.82, 2.24) is 15.5 Å². The van der Waals surface area contributed by atoms with Gasteiger partial charge in [-0.3, -0.25) is 4.79 Å². The Balaban J connectivity index is 1.54. The van der Waals surface area contributed by atoms with Gasteiger partial charge in [0.25, 0.3) is 11.8 Å². The summed E-state index contributed by atoms with van der Waals surface area (Å²) in [5, 5.41) is 6.91. The molecule has 2 fully saturated rings. The average Bonchev–Trinajstić information content (AvgIpc) is 2.97. The average molecular weight is 327 g/mol. The zero-order chi connectivity index (χ0) is 16.7. The lowest BCUT2D eigenvalue weighted by Gasteiger charge is -2.19. The molecule has 1 N–H and O–H groups in total. The molecule has 0 unspecified atom stereocenters. The van der Waals surface area contributed by atoms with E-state index in [-0.39, 0.29) is 23.5 Å². The molecule has 0 radical (unpaired) electrons. The predicted octanol–water partition coefficient (Wildman–Crippen LogP) is 2.69. The molecule has 1 amide bonds. The highest BCUT2D eigenvalue weighted by Crippen LogP contribution is 2.48. The number of carbonyl (C=O) groups excluding carboxylic acids is 1. The van der Waals surface area contributed by atoms with E-state index in [9.17, 15) is 4.79 Å². The summed E-state index contributed by atoms with van der Waals surface area (Å²) in [6.07, 6.45) is 2.62. The van der Waals surface area contributed by atoms with Gasteiger partial charge >= 0.3 is 0 Å². The molecule has 2 heterocycles. The van der Waals surface area contributed by atoms with Crippen LogP contribution in [0.5, 0.6) is 0 Å². The number of rotatable bonds is 4. The minimum atomic E-state index is -0.376. The lowest BCUT2D eigenvalue weighted by molar-refractivity contribution is 0.0656. The number of hydrogen-bond donors (Lipinski definition) is 1. The molecule has 6 nitrogen and oxygen atoms in total. The first-order chi connectivity index (χ1) is 11.6. The summed E-state index contributed by atoms with van der Waals surface area (Å²) in [6.45, 7) is 4.54. The number of hydrogen-bond acceptors (Lipinski definition) is 5. The van der Waals surface area contributed by atoms with Crippen LogP contribution in [0.4, 0.5) is 0 Å². The van der Waals surface area contributed by atoms with Crippen molar-refractivity contribution < 1.29 is 14.1 Å². The molecule has 24 heavy (non-hydrogen) atoms. The highest BCUT2D eigenvalue weighted by molar-refractivity contribution is 5.96. The molecule has 1 aromatic carbocycles. The van der Waals surface area contributed by atoms with Crippen LogP contribution < -0.4 is 5.32 Å². The maximum Gasteiger partial charge on any atom is 0.257 e. The van der Waals surface area contributed by atoms with Crippen molar-refractivity contribution in [3.05, 3.63) is 47.1 Å². The van der Waals surface area contributed by atoms with Gasteiger partial charge in [-0.2, -0.15) is 4.98 Å². The van der Waals surface area contributed by atoms with Gasteiger partial charge in [-0.1, -0.05) is 30.3 Å². The van der Waals surface area contributed by atoms with Gasteiger partial charge in [0, 0.05) is 12.2 Å². The molecule has 4 rings (SSSR count). The molecule has 1 saturated heterocycles. The lowest BCUT2D eigenvalue weighted by atomic mass is 9.92. The molecule has 1 saturated carbocycles. The lowest BCUT2D eigenvalue weighted by Crippen LogP contribution is -2.37. The number of aryl methyl sites for hydroxylation is 1. The van der Waals surface area contributed by atoms with E-state index in [1.165, 1.54) is 0 Å². The predicted molar refractivity (Wildman–Crippen MR) is 86.6 cm³/mol. The third kappa shape index (κ3) is 2.71. The van der Waals surface area contributed by atoms with Crippen LogP contribution >= 0.6 is 0 Å². The third-order valence-corrected chi connectivity index (χ3v) is 5.02. The summed E-state index contributed by atoms with van der Waals surface area (Å²) >= 11 is 0. The summed E-state index contributed by atoms with van der Waals surface area (Å²) in [6, 6.07) is 7.71. The van der Waals surface area contributed by atoms with Crippen molar-refractivity contribution in [1.29, 1.82) is 0 Å². The topological polar surface area (TPSA) is 77.3 Å². The third-order valence-electron chi connectivity index (χ3n) is 5.02. The molecule has 2 aliphatic rings. The van der Waals surface area contributed by atoms with Gasteiger partial charge in [0.2, 0.25) is 0 Å². The van der Waals surface area contributed by atoms with Crippen LogP contribution in [0.1, 0.15) is 59.9 Å². The summed E-state index contributed by atoms with van der Waals surface area (Å²) in [4.78, 5) is 17.1. The number of ether oxygens (including phenoxy) is 1. The van der Waals surface area contributed by atoms with E-state index in [0.29, 0.717) is 18.3 Å². The second-order valence-corrected chi connectivity index (χ2v) is 6.95. The van der Waals surface area contributed by atoms with E-state index in [2.05, 4.69) is 28.4 Å². The minimum Gasteiger partial charge on any atom is -0.366 e. The molecule has 6 heteroatoms. The minimum absolute atomic E-state index is 0.0598. The van der Waals surface area contributed by atoms with Gasteiger partial charge in [-0.05, 0) is 43.2 Å². The fraction of sp³-hybridized carbons (Fsp3) is 0.500. The SMILES string of the molecule is Cc1noc([C@@H]2OCC[C@@H]2NC(=O)c2ccccc2C2(C)CC2)n1. The van der Waals surface area contributed by atoms with Crippen LogP contribution in [-0.4, -0.2) is 28.7 Å². The fourth-order valence-electron chi connectivity index (χ4n) is 3.32. The van der Waals surface area contributed by atoms with E-state index in [1.807, 2.05) is 18.2 Å². The maximum absolute atomic E-state index is 12.8. The maximum atomic E-state index is 12.8. The zero-order valence-electron chi connectivity index (χ0n) is 13.9. The number of amides is 1. The van der Waals surface area contributed by atoms with Crippen LogP contribution in [0.15, 0.2) is 28.8 Å². The second kappa shape index (κ2) is 5.70. The van der Waals surface area contributed by atoms with Gasteiger partial charge in [0.05, 0.1) is 6.04 Å². The van der Waals surface area contributed by atoms with Crippen LogP contribution in [0.3, 0.4) is 0 Å². The summed E-state index contributed by atoms with van der Waals surface area (Å²) < 4.78 is 10.9. The Bertz CT molecular complexity index is 766. The Morgan fingerprint density at radius 2 is 2.12 bits per heavy atom. The second-order valence-electron chi connectivity index (χ2n) is 6.95. The summed E-state index contributed by atoms with van der Waals surface area (Å²) in [5.41, 5.74) is 2.03. The largest absolute Gasteiger partial charge is 0.366 e. The zero-order valence-corrected chi connectivity index (χ0v) is 13.9. The molecule has 2 aromatic rings. The quantitative estimate of drug-likeness (QED) is 0.934. The van der Waals surface area contributed by atoms with Crippen LogP contribution in [0.25, 0.3) is 0 Å². The van der Waals surface area contributed by atoms with Crippen LogP contribution in [-0.2, 0) is 10.2 Å². The van der Waals surface area contributed by atoms with E-state index in [4.69, 9.17) is 9.26 Å². The molecule has 1 aliphatic carbocycles. The summed E-state index contributed by atoms with van der Waals surface area (Å²) in [5.74, 6) is 0.936. The molecule has 1 aromatic heterocycles. The first-order valence-electron chi connectivity index (χ1n) is 8.39. The van der Waals surface area contributed by atoms with Crippen molar-refractivity contribution in [2.24, 2.45) is 0 Å². The highest BCUT2D eigenvalue weighted by Gasteiger charge is 2.42. The number of aromatic nitrogens is 2. The molecule has 0 spiro atoms. The number of nitrogens with one attached hydrogen (secondary N) is 1. The number of nitrogens with zero attached hydrogens (tertiary/aromatic N) is 2. The Kier molecular flexibility index (Phi) is 3.64. The fourth-order valence-corrected chi connectivity index (χ4v) is 3.32. The van der Waals surface area contributed by atoms with Crippen molar-refractivity contribution in [3.8, 4) is 0 Å². The van der Waals surface area contributed by atoms with Crippen molar-refractivity contribution in [3.63, 3.8) is 0 Å². The van der Waals surface area contributed by atoms with Crippen molar-refractivity contribution in [2.75, 3.05) is 6.61 Å². The van der Waals surface area contributed by atoms with E-state index in [1.54, 1.807) is 6.92 Å². The standard InChI is InChI=1S/C18H21N3O3/c1-11-19-17(24-21-11)15-14(7-10-23-15)20-16(22)12-5-3-4-6-13(12)18(2)8-9-18/h3-6,14-15H,7-10H2,1-2H3,(H,20,22)/t14-,15+/m0/s1. The number of benzene rings is 1. The molecule has 0 bridgehead atoms. The summed E-state index contributed by atoms with van der Waals surface area (Å²) in [7, 11) is 0. The smallest absolute Gasteiger partial charge is 0.257 e. The van der Waals surface area contributed by atoms with Gasteiger partial charge in [-0.25, -0.2) is 0 Å². The Hall–Kier alpha value is -2.21. The van der Waals surface area contributed by atoms with Crippen molar-refractivity contribution >= 4 is 5.91 Å². The molecule has 1 aliphatic heterocycles. The van der Waals surface area contributed by atoms with Crippen molar-refractivity contribution in [2.45, 2.75) is 50.7 Å². The highest BCUT2D eigenvalue weighted by atomic mass is 16.5. The van der Waals surface area contributed by atoms with Gasteiger partial charge < -0.3 is 14.6 Å². The Morgan fingerprint density at radius 1 is 1.33 bits per heavy atom. The first-order valence-corrected chi connectivity index (χ1v) is 8.39. The van der Waals surface area contributed by atoms with Crippen LogP contribution in [0.2, 0.25) is 0 Å². The molecule has 126 valence electrons. The van der Waals surface area contributed by atoms with Gasteiger partial charge in [-0.15, -0.1) is 0 Å². The van der Waals surface area contributed by atoms with E-state index >= 15 is 0 Å². The number of carbonyl (C=O) groups is 1. The first kappa shape index (κ1) is 15.3. The Labute approximate surface area is 140 Å². The normalized spacial score (nSPS) is 24.8. The van der Waals surface area contributed by atoms with Crippen LogP contribution in [0, 0.1) is 6.92 Å². The van der Waals surface area contributed by atoms with E-state index in [0.717, 1.165) is 30.4 Å². The molecular weight excluding hydrogens is 306 g/mol. The molecular formula is C18H21N3O3. The van der Waals surface area contributed by atoms with Gasteiger partial charge in [0.1, 0.15) is 0 Å². The van der Waals surface area contributed by atoms with E-state index < -0.39 is 0 Å².